The predicted molar refractivity (Wildman–Crippen MR) is 133 cm³/mol. The minimum Gasteiger partial charge on any atom is -0.506 e. The van der Waals surface area contributed by atoms with Crippen LogP contribution >= 0.6 is 11.6 Å². The van der Waals surface area contributed by atoms with Crippen LogP contribution in [0.4, 0.5) is 0 Å². The molecule has 2 unspecified atom stereocenters. The van der Waals surface area contributed by atoms with Gasteiger partial charge in [-0.3, -0.25) is 0 Å². The van der Waals surface area contributed by atoms with Crippen molar-refractivity contribution in [3.63, 3.8) is 0 Å². The van der Waals surface area contributed by atoms with Crippen LogP contribution in [0.1, 0.15) is 37.7 Å². The Kier molecular flexibility index (Phi) is 6.46. The van der Waals surface area contributed by atoms with Gasteiger partial charge in [0.25, 0.3) is 0 Å². The van der Waals surface area contributed by atoms with E-state index in [0.717, 1.165) is 23.1 Å². The lowest BCUT2D eigenvalue weighted by Gasteiger charge is -2.45. The molecular weight excluding hydrogens is 436 g/mol. The number of fused-ring (bicyclic) bond motifs is 2. The van der Waals surface area contributed by atoms with Crippen molar-refractivity contribution in [2.45, 2.75) is 44.7 Å². The molecule has 3 aromatic rings. The molecule has 2 saturated heterocycles. The van der Waals surface area contributed by atoms with E-state index in [1.165, 1.54) is 51.3 Å². The van der Waals surface area contributed by atoms with E-state index < -0.39 is 5.63 Å². The molecule has 5 rings (SSSR count). The fourth-order valence-electron chi connectivity index (χ4n) is 5.85. The van der Waals surface area contributed by atoms with Crippen LogP contribution in [0, 0.1) is 5.92 Å². The zero-order valence-electron chi connectivity index (χ0n) is 19.1. The fourth-order valence-corrected chi connectivity index (χ4v) is 6.07. The van der Waals surface area contributed by atoms with Gasteiger partial charge in [-0.1, -0.05) is 48.4 Å². The normalized spacial score (nSPS) is 21.4. The summed E-state index contributed by atoms with van der Waals surface area (Å²) in [6.07, 6.45) is 6.38. The third-order valence-corrected chi connectivity index (χ3v) is 7.63. The van der Waals surface area contributed by atoms with Crippen molar-refractivity contribution in [3.8, 4) is 16.9 Å². The molecule has 2 aromatic carbocycles. The summed E-state index contributed by atoms with van der Waals surface area (Å²) in [6.45, 7) is 3.85. The highest BCUT2D eigenvalue weighted by Gasteiger charge is 2.33. The number of rotatable bonds is 5. The summed E-state index contributed by atoms with van der Waals surface area (Å²) < 4.78 is 5.66. The fraction of sp³-hybridized carbons (Fsp3) is 0.444. The molecule has 0 saturated carbocycles. The van der Waals surface area contributed by atoms with Gasteiger partial charge >= 0.3 is 5.63 Å². The van der Waals surface area contributed by atoms with Gasteiger partial charge in [-0.05, 0) is 68.9 Å². The number of nitrogens with zero attached hydrogens (tertiary/aromatic N) is 2. The first kappa shape index (κ1) is 22.5. The average molecular weight is 467 g/mol. The third kappa shape index (κ3) is 4.54. The second kappa shape index (κ2) is 9.49. The maximum Gasteiger partial charge on any atom is 0.336 e. The van der Waals surface area contributed by atoms with Crippen molar-refractivity contribution in [2.75, 3.05) is 26.7 Å². The molecule has 5 nitrogen and oxygen atoms in total. The molecule has 0 amide bonds. The summed E-state index contributed by atoms with van der Waals surface area (Å²) in [6, 6.07) is 13.6. The maximum atomic E-state index is 12.5. The van der Waals surface area contributed by atoms with Crippen molar-refractivity contribution in [1.29, 1.82) is 0 Å². The lowest BCUT2D eigenvalue weighted by molar-refractivity contribution is 0.0434. The van der Waals surface area contributed by atoms with Crippen LogP contribution in [0.25, 0.3) is 22.1 Å². The number of hydrogen-bond acceptors (Lipinski definition) is 5. The van der Waals surface area contributed by atoms with Crippen LogP contribution in [0.3, 0.4) is 0 Å². The topological polar surface area (TPSA) is 56.9 Å². The van der Waals surface area contributed by atoms with Crippen LogP contribution < -0.4 is 5.63 Å². The summed E-state index contributed by atoms with van der Waals surface area (Å²) in [5.41, 5.74) is 2.23. The monoisotopic (exact) mass is 466 g/mol. The van der Waals surface area contributed by atoms with E-state index in [-0.39, 0.29) is 10.8 Å². The van der Waals surface area contributed by atoms with Crippen molar-refractivity contribution >= 4 is 22.6 Å². The Morgan fingerprint density at radius 1 is 1.12 bits per heavy atom. The lowest BCUT2D eigenvalue weighted by atomic mass is 9.83. The molecule has 2 aliphatic rings. The molecule has 33 heavy (non-hydrogen) atoms. The van der Waals surface area contributed by atoms with E-state index in [1.54, 1.807) is 6.07 Å². The van der Waals surface area contributed by atoms with Gasteiger partial charge in [0.1, 0.15) is 11.3 Å². The standard InChI is InChI=1S/C27H31ClN2O3/c1-29(16-19-10-7-13-30-12-6-5-11-24(19)30)17-22-26(32)23(28)14-21-20(15-25(31)33-27(21)22)18-8-3-2-4-9-18/h2-4,8-9,14-15,19,24,32H,5-7,10-13,16-17H2,1H3. The first-order valence-electron chi connectivity index (χ1n) is 12.0. The van der Waals surface area contributed by atoms with Gasteiger partial charge in [0.15, 0.2) is 0 Å². The molecule has 1 N–H and O–H groups in total. The van der Waals surface area contributed by atoms with Crippen LogP contribution in [-0.4, -0.2) is 47.6 Å². The SMILES string of the molecule is CN(Cc1c(O)c(Cl)cc2c(-c3ccccc3)cc(=O)oc12)CC1CCCN2CCCCC12. The Hall–Kier alpha value is -2.34. The number of aromatic hydroxyl groups is 1. The summed E-state index contributed by atoms with van der Waals surface area (Å²) in [7, 11) is 2.08. The van der Waals surface area contributed by atoms with Gasteiger partial charge in [-0.25, -0.2) is 4.79 Å². The Morgan fingerprint density at radius 3 is 2.73 bits per heavy atom. The van der Waals surface area contributed by atoms with E-state index >= 15 is 0 Å². The second-order valence-corrected chi connectivity index (χ2v) is 10.0. The van der Waals surface area contributed by atoms with Crippen molar-refractivity contribution < 1.29 is 9.52 Å². The molecule has 2 atom stereocenters. The smallest absolute Gasteiger partial charge is 0.336 e. The highest BCUT2D eigenvalue weighted by molar-refractivity contribution is 6.33. The molecule has 3 heterocycles. The maximum absolute atomic E-state index is 12.5. The van der Waals surface area contributed by atoms with E-state index in [4.69, 9.17) is 16.0 Å². The van der Waals surface area contributed by atoms with Gasteiger partial charge in [0.2, 0.25) is 0 Å². The molecular formula is C27H31ClN2O3. The van der Waals surface area contributed by atoms with Crippen LogP contribution in [0.5, 0.6) is 5.75 Å². The Balaban J connectivity index is 1.48. The van der Waals surface area contributed by atoms with Gasteiger partial charge in [-0.15, -0.1) is 0 Å². The highest BCUT2D eigenvalue weighted by Crippen LogP contribution is 2.39. The summed E-state index contributed by atoms with van der Waals surface area (Å²) in [5, 5.41) is 11.9. The van der Waals surface area contributed by atoms with Crippen LogP contribution in [-0.2, 0) is 6.54 Å². The van der Waals surface area contributed by atoms with Crippen molar-refractivity contribution in [1.82, 2.24) is 9.80 Å². The molecule has 2 fully saturated rings. The molecule has 174 valence electrons. The first-order valence-corrected chi connectivity index (χ1v) is 12.4. The van der Waals surface area contributed by atoms with E-state index in [2.05, 4.69) is 16.8 Å². The van der Waals surface area contributed by atoms with Crippen molar-refractivity contribution in [3.05, 3.63) is 63.5 Å². The lowest BCUT2D eigenvalue weighted by Crippen LogP contribution is -2.50. The highest BCUT2D eigenvalue weighted by atomic mass is 35.5. The van der Waals surface area contributed by atoms with Crippen LogP contribution in [0.15, 0.2) is 51.7 Å². The number of phenols is 1. The first-order chi connectivity index (χ1) is 16.0. The quantitative estimate of drug-likeness (QED) is 0.502. The van der Waals surface area contributed by atoms with Gasteiger partial charge in [0, 0.05) is 30.6 Å². The minimum absolute atomic E-state index is 0.00712. The molecule has 6 heteroatoms. The zero-order chi connectivity index (χ0) is 22.9. The summed E-state index contributed by atoms with van der Waals surface area (Å²) in [5.74, 6) is 0.607. The predicted octanol–water partition coefficient (Wildman–Crippen LogP) is 5.52. The van der Waals surface area contributed by atoms with E-state index in [1.807, 2.05) is 30.3 Å². The number of benzene rings is 2. The molecule has 1 aromatic heterocycles. The molecule has 0 aliphatic carbocycles. The summed E-state index contributed by atoms with van der Waals surface area (Å²) in [4.78, 5) is 17.4. The van der Waals surface area contributed by atoms with Gasteiger partial charge in [-0.2, -0.15) is 0 Å². The molecule has 0 bridgehead atoms. The van der Waals surface area contributed by atoms with Crippen molar-refractivity contribution in [2.24, 2.45) is 5.92 Å². The Bertz CT molecular complexity index is 1190. The number of piperidine rings is 2. The molecule has 0 spiro atoms. The van der Waals surface area contributed by atoms with E-state index in [9.17, 15) is 9.90 Å². The van der Waals surface area contributed by atoms with Gasteiger partial charge < -0.3 is 19.3 Å². The number of halogens is 1. The minimum atomic E-state index is -0.433. The number of phenolic OH excluding ortho intramolecular Hbond substituents is 1. The average Bonchev–Trinajstić information content (AvgIpc) is 2.83. The molecule has 2 aliphatic heterocycles. The second-order valence-electron chi connectivity index (χ2n) is 9.61. The largest absolute Gasteiger partial charge is 0.506 e. The Morgan fingerprint density at radius 2 is 1.91 bits per heavy atom. The van der Waals surface area contributed by atoms with Gasteiger partial charge in [0.05, 0.1) is 10.6 Å². The Labute approximate surface area is 199 Å². The number of hydrogen-bond donors (Lipinski definition) is 1. The van der Waals surface area contributed by atoms with Crippen LogP contribution in [0.2, 0.25) is 5.02 Å². The molecule has 0 radical (unpaired) electrons. The zero-order valence-corrected chi connectivity index (χ0v) is 19.9. The third-order valence-electron chi connectivity index (χ3n) is 7.34. The van der Waals surface area contributed by atoms with E-state index in [0.29, 0.717) is 29.7 Å². The summed E-state index contributed by atoms with van der Waals surface area (Å²) >= 11 is 6.46.